The maximum Gasteiger partial charge on any atom is 0.0396 e. The van der Waals surface area contributed by atoms with Gasteiger partial charge in [0.25, 0.3) is 0 Å². The van der Waals surface area contributed by atoms with E-state index >= 15 is 0 Å². The number of hydrogen-bond donors (Lipinski definition) is 1. The summed E-state index contributed by atoms with van der Waals surface area (Å²) in [6, 6.07) is 15.0. The fourth-order valence-corrected chi connectivity index (χ4v) is 2.17. The largest absolute Gasteiger partial charge is 0.398 e. The SMILES string of the molecule is CCC(C)c1ccc(-c2ccc(C)cc2N)cc1. The van der Waals surface area contributed by atoms with Crippen molar-refractivity contribution in [1.82, 2.24) is 0 Å². The molecule has 0 radical (unpaired) electrons. The smallest absolute Gasteiger partial charge is 0.0396 e. The standard InChI is InChI=1S/C17H21N/c1-4-13(3)14-6-8-15(9-7-14)16-10-5-12(2)11-17(16)18/h5-11,13H,4,18H2,1-3H3. The number of anilines is 1. The monoisotopic (exact) mass is 239 g/mol. The van der Waals surface area contributed by atoms with Gasteiger partial charge < -0.3 is 5.73 Å². The van der Waals surface area contributed by atoms with E-state index in [0.717, 1.165) is 11.3 Å². The van der Waals surface area contributed by atoms with E-state index in [1.807, 2.05) is 6.07 Å². The number of rotatable bonds is 3. The summed E-state index contributed by atoms with van der Waals surface area (Å²) in [5.41, 5.74) is 11.8. The molecule has 0 aliphatic rings. The first-order valence-electron chi connectivity index (χ1n) is 6.58. The van der Waals surface area contributed by atoms with Crippen LogP contribution in [0.3, 0.4) is 0 Å². The maximum absolute atomic E-state index is 6.08. The van der Waals surface area contributed by atoms with E-state index in [4.69, 9.17) is 5.73 Å². The van der Waals surface area contributed by atoms with Crippen LogP contribution in [0.15, 0.2) is 42.5 Å². The first-order chi connectivity index (χ1) is 8.61. The van der Waals surface area contributed by atoms with Gasteiger partial charge in [-0.2, -0.15) is 0 Å². The molecule has 0 fully saturated rings. The van der Waals surface area contributed by atoms with Crippen LogP contribution in [0.5, 0.6) is 0 Å². The van der Waals surface area contributed by atoms with Crippen LogP contribution in [0.2, 0.25) is 0 Å². The quantitative estimate of drug-likeness (QED) is 0.768. The summed E-state index contributed by atoms with van der Waals surface area (Å²) in [6.45, 7) is 6.54. The highest BCUT2D eigenvalue weighted by molar-refractivity contribution is 5.76. The van der Waals surface area contributed by atoms with E-state index in [2.05, 4.69) is 57.2 Å². The second-order valence-corrected chi connectivity index (χ2v) is 5.02. The molecule has 2 N–H and O–H groups in total. The molecule has 0 heterocycles. The Morgan fingerprint density at radius 2 is 1.72 bits per heavy atom. The molecule has 1 heteroatoms. The van der Waals surface area contributed by atoms with Crippen molar-refractivity contribution >= 4 is 5.69 Å². The third kappa shape index (κ3) is 2.56. The molecule has 1 nitrogen and oxygen atoms in total. The third-order valence-corrected chi connectivity index (χ3v) is 3.61. The van der Waals surface area contributed by atoms with Gasteiger partial charge in [-0.1, -0.05) is 50.2 Å². The molecule has 18 heavy (non-hydrogen) atoms. The lowest BCUT2D eigenvalue weighted by atomic mass is 9.95. The molecule has 0 saturated heterocycles. The molecule has 0 aromatic heterocycles. The normalized spacial score (nSPS) is 12.4. The molecular weight excluding hydrogens is 218 g/mol. The average Bonchev–Trinajstić information content (AvgIpc) is 2.38. The Kier molecular flexibility index (Phi) is 3.71. The van der Waals surface area contributed by atoms with Crippen LogP contribution in [-0.2, 0) is 0 Å². The van der Waals surface area contributed by atoms with Crippen LogP contribution in [0.1, 0.15) is 37.3 Å². The highest BCUT2D eigenvalue weighted by Gasteiger charge is 2.05. The molecule has 2 aromatic carbocycles. The van der Waals surface area contributed by atoms with Crippen LogP contribution >= 0.6 is 0 Å². The Morgan fingerprint density at radius 1 is 1.06 bits per heavy atom. The van der Waals surface area contributed by atoms with Gasteiger partial charge in [0.15, 0.2) is 0 Å². The second-order valence-electron chi connectivity index (χ2n) is 5.02. The first-order valence-corrected chi connectivity index (χ1v) is 6.58. The van der Waals surface area contributed by atoms with Gasteiger partial charge in [-0.05, 0) is 42.0 Å². The topological polar surface area (TPSA) is 26.0 Å². The summed E-state index contributed by atoms with van der Waals surface area (Å²) in [4.78, 5) is 0. The van der Waals surface area contributed by atoms with Gasteiger partial charge in [0.1, 0.15) is 0 Å². The average molecular weight is 239 g/mol. The van der Waals surface area contributed by atoms with Gasteiger partial charge in [0, 0.05) is 11.3 Å². The molecule has 94 valence electrons. The molecule has 1 unspecified atom stereocenters. The molecule has 0 spiro atoms. The van der Waals surface area contributed by atoms with Gasteiger partial charge in [0.05, 0.1) is 0 Å². The van der Waals surface area contributed by atoms with Gasteiger partial charge in [-0.3, -0.25) is 0 Å². The number of aryl methyl sites for hydroxylation is 1. The molecular formula is C17H21N. The summed E-state index contributed by atoms with van der Waals surface area (Å²) < 4.78 is 0. The van der Waals surface area contributed by atoms with Crippen molar-refractivity contribution in [3.63, 3.8) is 0 Å². The molecule has 0 saturated carbocycles. The van der Waals surface area contributed by atoms with Gasteiger partial charge in [-0.25, -0.2) is 0 Å². The fourth-order valence-electron chi connectivity index (χ4n) is 2.17. The van der Waals surface area contributed by atoms with Crippen LogP contribution in [0, 0.1) is 6.92 Å². The Bertz CT molecular complexity index is 526. The summed E-state index contributed by atoms with van der Waals surface area (Å²) in [7, 11) is 0. The summed E-state index contributed by atoms with van der Waals surface area (Å²) >= 11 is 0. The Morgan fingerprint density at radius 3 is 2.28 bits per heavy atom. The van der Waals surface area contributed by atoms with Crippen molar-refractivity contribution in [1.29, 1.82) is 0 Å². The van der Waals surface area contributed by atoms with E-state index in [-0.39, 0.29) is 0 Å². The van der Waals surface area contributed by atoms with Crippen molar-refractivity contribution in [2.75, 3.05) is 5.73 Å². The van der Waals surface area contributed by atoms with Crippen molar-refractivity contribution in [2.45, 2.75) is 33.1 Å². The second kappa shape index (κ2) is 5.26. The summed E-state index contributed by atoms with van der Waals surface area (Å²) in [6.07, 6.45) is 1.17. The molecule has 2 aromatic rings. The molecule has 0 amide bonds. The Hall–Kier alpha value is -1.76. The Balaban J connectivity index is 2.34. The highest BCUT2D eigenvalue weighted by atomic mass is 14.6. The first kappa shape index (κ1) is 12.7. The van der Waals surface area contributed by atoms with Gasteiger partial charge in [0.2, 0.25) is 0 Å². The number of benzene rings is 2. The lowest BCUT2D eigenvalue weighted by Gasteiger charge is -2.11. The lowest BCUT2D eigenvalue weighted by molar-refractivity contribution is 0.734. The van der Waals surface area contributed by atoms with Crippen LogP contribution < -0.4 is 5.73 Å². The van der Waals surface area contributed by atoms with Crippen molar-refractivity contribution in [2.24, 2.45) is 0 Å². The molecule has 0 aliphatic carbocycles. The number of hydrogen-bond acceptors (Lipinski definition) is 1. The van der Waals surface area contributed by atoms with E-state index in [1.165, 1.54) is 23.1 Å². The van der Waals surface area contributed by atoms with E-state index < -0.39 is 0 Å². The Labute approximate surface area is 110 Å². The zero-order valence-electron chi connectivity index (χ0n) is 11.4. The zero-order chi connectivity index (χ0) is 13.1. The third-order valence-electron chi connectivity index (χ3n) is 3.61. The van der Waals surface area contributed by atoms with Crippen molar-refractivity contribution in [3.05, 3.63) is 53.6 Å². The maximum atomic E-state index is 6.08. The van der Waals surface area contributed by atoms with Crippen LogP contribution in [0.25, 0.3) is 11.1 Å². The highest BCUT2D eigenvalue weighted by Crippen LogP contribution is 2.28. The minimum Gasteiger partial charge on any atom is -0.398 e. The molecule has 2 rings (SSSR count). The number of nitrogen functional groups attached to an aromatic ring is 1. The molecule has 1 atom stereocenters. The van der Waals surface area contributed by atoms with E-state index in [9.17, 15) is 0 Å². The minimum atomic E-state index is 0.620. The van der Waals surface area contributed by atoms with Crippen LogP contribution in [-0.4, -0.2) is 0 Å². The summed E-state index contributed by atoms with van der Waals surface area (Å²) in [5, 5.41) is 0. The van der Waals surface area contributed by atoms with Crippen LogP contribution in [0.4, 0.5) is 5.69 Å². The van der Waals surface area contributed by atoms with Gasteiger partial charge >= 0.3 is 0 Å². The van der Waals surface area contributed by atoms with E-state index in [0.29, 0.717) is 5.92 Å². The minimum absolute atomic E-state index is 0.620. The lowest BCUT2D eigenvalue weighted by Crippen LogP contribution is -1.93. The molecule has 0 aliphatic heterocycles. The van der Waals surface area contributed by atoms with Crippen molar-refractivity contribution < 1.29 is 0 Å². The zero-order valence-corrected chi connectivity index (χ0v) is 11.4. The molecule has 0 bridgehead atoms. The number of nitrogens with two attached hydrogens (primary N) is 1. The van der Waals surface area contributed by atoms with Gasteiger partial charge in [-0.15, -0.1) is 0 Å². The van der Waals surface area contributed by atoms with Crippen molar-refractivity contribution in [3.8, 4) is 11.1 Å². The fraction of sp³-hybridized carbons (Fsp3) is 0.294. The predicted octanol–water partition coefficient (Wildman–Crippen LogP) is 4.76. The summed E-state index contributed by atoms with van der Waals surface area (Å²) in [5.74, 6) is 0.620. The van der Waals surface area contributed by atoms with E-state index in [1.54, 1.807) is 0 Å². The predicted molar refractivity (Wildman–Crippen MR) is 79.7 cm³/mol.